The van der Waals surface area contributed by atoms with E-state index in [0.717, 1.165) is 0 Å². The van der Waals surface area contributed by atoms with Crippen molar-refractivity contribution >= 4 is 29.1 Å². The van der Waals surface area contributed by atoms with Crippen LogP contribution in [0.25, 0.3) is 5.65 Å². The largest absolute Gasteiger partial charge is 0.461 e. The van der Waals surface area contributed by atoms with Crippen LogP contribution in [0.15, 0.2) is 54.7 Å². The van der Waals surface area contributed by atoms with Crippen LogP contribution in [0, 0.1) is 0 Å². The van der Waals surface area contributed by atoms with Gasteiger partial charge >= 0.3 is 5.97 Å². The number of benzene rings is 1. The van der Waals surface area contributed by atoms with Crippen molar-refractivity contribution in [2.45, 2.75) is 19.8 Å². The van der Waals surface area contributed by atoms with Gasteiger partial charge in [-0.1, -0.05) is 36.4 Å². The second kappa shape index (κ2) is 8.27. The van der Waals surface area contributed by atoms with Gasteiger partial charge in [0.25, 0.3) is 0 Å². The maximum atomic E-state index is 12.4. The van der Waals surface area contributed by atoms with Gasteiger partial charge in [0.15, 0.2) is 17.3 Å². The number of fused-ring (bicyclic) bond motifs is 1. The molecule has 1 N–H and O–H groups in total. The fourth-order valence-corrected chi connectivity index (χ4v) is 2.65. The van der Waals surface area contributed by atoms with Crippen molar-refractivity contribution in [3.05, 3.63) is 66.0 Å². The van der Waals surface area contributed by atoms with Crippen LogP contribution in [0.4, 0.5) is 5.82 Å². The molecule has 138 valence electrons. The van der Waals surface area contributed by atoms with E-state index in [1.54, 1.807) is 60.0 Å². The van der Waals surface area contributed by atoms with Gasteiger partial charge < -0.3 is 10.1 Å². The predicted molar refractivity (Wildman–Crippen MR) is 99.8 cm³/mol. The van der Waals surface area contributed by atoms with Crippen molar-refractivity contribution in [3.8, 4) is 0 Å². The van der Waals surface area contributed by atoms with Crippen LogP contribution in [0.5, 0.6) is 0 Å². The predicted octanol–water partition coefficient (Wildman–Crippen LogP) is 3.11. The van der Waals surface area contributed by atoms with Gasteiger partial charge in [0.1, 0.15) is 5.65 Å². The fourth-order valence-electron chi connectivity index (χ4n) is 2.65. The number of amides is 1. The summed E-state index contributed by atoms with van der Waals surface area (Å²) < 4.78 is 6.62. The summed E-state index contributed by atoms with van der Waals surface area (Å²) in [5.74, 6) is -0.872. The first kappa shape index (κ1) is 18.3. The number of carbonyl (C=O) groups excluding carboxylic acids is 3. The van der Waals surface area contributed by atoms with E-state index in [1.165, 1.54) is 0 Å². The van der Waals surface area contributed by atoms with Gasteiger partial charge in [-0.2, -0.15) is 0 Å². The van der Waals surface area contributed by atoms with Gasteiger partial charge in [-0.05, 0) is 19.1 Å². The van der Waals surface area contributed by atoms with E-state index in [4.69, 9.17) is 4.74 Å². The summed E-state index contributed by atoms with van der Waals surface area (Å²) >= 11 is 0. The first-order valence-electron chi connectivity index (χ1n) is 8.62. The molecule has 0 aliphatic rings. The zero-order chi connectivity index (χ0) is 19.2. The Labute approximate surface area is 156 Å². The highest BCUT2D eigenvalue weighted by Crippen LogP contribution is 2.20. The molecule has 0 spiro atoms. The standard InChI is InChI=1S/C20H19N3O4/c1-2-27-20(26)18-19(23-13-7-6-10-16(23)21-18)22-17(25)12-11-15(24)14-8-4-3-5-9-14/h3-10,13H,2,11-12H2,1H3,(H,22,25). The number of nitrogens with one attached hydrogen (secondary N) is 1. The Morgan fingerprint density at radius 2 is 1.78 bits per heavy atom. The Morgan fingerprint density at radius 3 is 2.52 bits per heavy atom. The number of nitrogens with zero attached hydrogens (tertiary/aromatic N) is 2. The molecule has 0 atom stereocenters. The fraction of sp³-hybridized carbons (Fsp3) is 0.200. The number of esters is 1. The number of hydrogen-bond acceptors (Lipinski definition) is 5. The average Bonchev–Trinajstić information content (AvgIpc) is 3.05. The minimum atomic E-state index is -0.614. The Kier molecular flexibility index (Phi) is 5.61. The third-order valence-electron chi connectivity index (χ3n) is 3.93. The Bertz CT molecular complexity index is 979. The van der Waals surface area contributed by atoms with Gasteiger partial charge in [-0.3, -0.25) is 14.0 Å². The molecule has 7 nitrogen and oxygen atoms in total. The van der Waals surface area contributed by atoms with Gasteiger partial charge in [-0.25, -0.2) is 9.78 Å². The van der Waals surface area contributed by atoms with Crippen molar-refractivity contribution < 1.29 is 19.1 Å². The number of hydrogen-bond donors (Lipinski definition) is 1. The molecule has 7 heteroatoms. The van der Waals surface area contributed by atoms with Crippen LogP contribution < -0.4 is 5.32 Å². The quantitative estimate of drug-likeness (QED) is 0.513. The lowest BCUT2D eigenvalue weighted by molar-refractivity contribution is -0.116. The molecule has 0 fully saturated rings. The van der Waals surface area contributed by atoms with Gasteiger partial charge in [0.05, 0.1) is 6.61 Å². The number of Topliss-reactive ketones (excluding diaryl/α,β-unsaturated/α-hetero) is 1. The van der Waals surface area contributed by atoms with Gasteiger partial charge in [0.2, 0.25) is 5.91 Å². The van der Waals surface area contributed by atoms with E-state index in [-0.39, 0.29) is 42.7 Å². The molecule has 27 heavy (non-hydrogen) atoms. The summed E-state index contributed by atoms with van der Waals surface area (Å²) in [6.45, 7) is 1.90. The summed E-state index contributed by atoms with van der Waals surface area (Å²) in [6.07, 6.45) is 1.76. The smallest absolute Gasteiger partial charge is 0.360 e. The zero-order valence-corrected chi connectivity index (χ0v) is 14.8. The summed E-state index contributed by atoms with van der Waals surface area (Å²) in [4.78, 5) is 40.9. The minimum absolute atomic E-state index is 0.00391. The zero-order valence-electron chi connectivity index (χ0n) is 14.8. The molecule has 0 aliphatic carbocycles. The van der Waals surface area contributed by atoms with Crippen molar-refractivity contribution in [2.75, 3.05) is 11.9 Å². The molecular formula is C20H19N3O4. The number of rotatable bonds is 7. The highest BCUT2D eigenvalue weighted by atomic mass is 16.5. The van der Waals surface area contributed by atoms with Crippen LogP contribution in [0.3, 0.4) is 0 Å². The first-order valence-corrected chi connectivity index (χ1v) is 8.62. The third kappa shape index (κ3) is 4.20. The van der Waals surface area contributed by atoms with Gasteiger partial charge in [0, 0.05) is 24.6 Å². The number of ketones is 1. The molecular weight excluding hydrogens is 346 g/mol. The highest BCUT2D eigenvalue weighted by Gasteiger charge is 2.22. The number of aromatic nitrogens is 2. The van der Waals surface area contributed by atoms with E-state index in [9.17, 15) is 14.4 Å². The Morgan fingerprint density at radius 1 is 1.04 bits per heavy atom. The van der Waals surface area contributed by atoms with Crippen molar-refractivity contribution in [3.63, 3.8) is 0 Å². The van der Waals surface area contributed by atoms with Crippen LogP contribution in [-0.2, 0) is 9.53 Å². The normalized spacial score (nSPS) is 10.6. The molecule has 0 aliphatic heterocycles. The molecule has 3 aromatic rings. The lowest BCUT2D eigenvalue weighted by Crippen LogP contribution is -2.17. The Balaban J connectivity index is 1.75. The molecule has 0 saturated heterocycles. The first-order chi connectivity index (χ1) is 13.1. The Hall–Kier alpha value is -3.48. The molecule has 2 aromatic heterocycles. The van der Waals surface area contributed by atoms with Crippen LogP contribution in [-0.4, -0.2) is 33.7 Å². The van der Waals surface area contributed by atoms with E-state index in [2.05, 4.69) is 10.3 Å². The SMILES string of the molecule is CCOC(=O)c1nc2ccccn2c1NC(=O)CCC(=O)c1ccccc1. The van der Waals surface area contributed by atoms with E-state index in [0.29, 0.717) is 11.2 Å². The molecule has 1 amide bonds. The molecule has 0 radical (unpaired) electrons. The molecule has 0 saturated carbocycles. The number of imidazole rings is 1. The van der Waals surface area contributed by atoms with Crippen LogP contribution >= 0.6 is 0 Å². The van der Waals surface area contributed by atoms with Gasteiger partial charge in [-0.15, -0.1) is 0 Å². The topological polar surface area (TPSA) is 89.8 Å². The molecule has 0 unspecified atom stereocenters. The van der Waals surface area contributed by atoms with E-state index >= 15 is 0 Å². The number of pyridine rings is 1. The summed E-state index contributed by atoms with van der Waals surface area (Å²) in [6, 6.07) is 14.1. The molecule has 2 heterocycles. The number of ether oxygens (including phenoxy) is 1. The van der Waals surface area contributed by atoms with E-state index < -0.39 is 5.97 Å². The van der Waals surface area contributed by atoms with E-state index in [1.807, 2.05) is 6.07 Å². The van der Waals surface area contributed by atoms with Crippen LogP contribution in [0.2, 0.25) is 0 Å². The third-order valence-corrected chi connectivity index (χ3v) is 3.93. The lowest BCUT2D eigenvalue weighted by atomic mass is 10.1. The summed E-state index contributed by atoms with van der Waals surface area (Å²) in [5.41, 5.74) is 1.11. The summed E-state index contributed by atoms with van der Waals surface area (Å²) in [7, 11) is 0. The minimum Gasteiger partial charge on any atom is -0.461 e. The maximum Gasteiger partial charge on any atom is 0.360 e. The summed E-state index contributed by atoms with van der Waals surface area (Å²) in [5, 5.41) is 2.69. The van der Waals surface area contributed by atoms with Crippen molar-refractivity contribution in [2.24, 2.45) is 0 Å². The molecule has 3 rings (SSSR count). The number of carbonyl (C=O) groups is 3. The van der Waals surface area contributed by atoms with Crippen molar-refractivity contribution in [1.29, 1.82) is 0 Å². The maximum absolute atomic E-state index is 12.4. The molecule has 0 bridgehead atoms. The average molecular weight is 365 g/mol. The van der Waals surface area contributed by atoms with Crippen molar-refractivity contribution in [1.82, 2.24) is 9.38 Å². The number of anilines is 1. The monoisotopic (exact) mass is 365 g/mol. The second-order valence-electron chi connectivity index (χ2n) is 5.80. The lowest BCUT2D eigenvalue weighted by Gasteiger charge is -2.07. The highest BCUT2D eigenvalue weighted by molar-refractivity contribution is 6.02. The molecule has 1 aromatic carbocycles. The second-order valence-corrected chi connectivity index (χ2v) is 5.80. The van der Waals surface area contributed by atoms with Crippen LogP contribution in [0.1, 0.15) is 40.6 Å².